The summed E-state index contributed by atoms with van der Waals surface area (Å²) in [4.78, 5) is 10.5. The Labute approximate surface area is 183 Å². The Hall–Kier alpha value is -4.15. The number of benzene rings is 3. The Morgan fingerprint density at radius 2 is 1.61 bits per heavy atom. The maximum Gasteiger partial charge on any atom is 0.199 e. The number of nitriles is 1. The summed E-state index contributed by atoms with van der Waals surface area (Å²) in [6.07, 6.45) is 0. The lowest BCUT2D eigenvalue weighted by molar-refractivity contribution is 0.413. The number of amidine groups is 1. The van der Waals surface area contributed by atoms with E-state index >= 15 is 0 Å². The van der Waals surface area contributed by atoms with Gasteiger partial charge in [0.15, 0.2) is 10.6 Å². The van der Waals surface area contributed by atoms with Crippen molar-refractivity contribution in [3.8, 4) is 17.5 Å². The van der Waals surface area contributed by atoms with Gasteiger partial charge in [-0.15, -0.1) is 0 Å². The van der Waals surface area contributed by atoms with E-state index in [1.54, 1.807) is 11.7 Å². The first-order chi connectivity index (χ1) is 15.2. The fourth-order valence-electron chi connectivity index (χ4n) is 3.05. The third-order valence-corrected chi connectivity index (χ3v) is 5.47. The van der Waals surface area contributed by atoms with Gasteiger partial charge in [-0.25, -0.2) is 9.98 Å². The largest absolute Gasteiger partial charge is 0.495 e. The number of nitrogen functional groups attached to an aromatic ring is 1. The molecule has 4 rings (SSSR count). The number of aliphatic imine (C=N–C) groups is 1. The summed E-state index contributed by atoms with van der Waals surface area (Å²) in [5.74, 6) is 1.45. The molecule has 31 heavy (non-hydrogen) atoms. The molecular weight excluding hydrogens is 406 g/mol. The highest BCUT2D eigenvalue weighted by molar-refractivity contribution is 7.10. The van der Waals surface area contributed by atoms with Crippen molar-refractivity contribution in [3.05, 3.63) is 100 Å². The van der Waals surface area contributed by atoms with Crippen molar-refractivity contribution in [1.29, 1.82) is 5.26 Å². The molecule has 0 fully saturated rings. The van der Waals surface area contributed by atoms with Crippen LogP contribution in [0, 0.1) is 11.3 Å². The first-order valence-electron chi connectivity index (χ1n) is 9.50. The zero-order valence-electron chi connectivity index (χ0n) is 16.8. The van der Waals surface area contributed by atoms with Crippen LogP contribution in [0.1, 0.15) is 10.4 Å². The quantitative estimate of drug-likeness (QED) is 0.380. The van der Waals surface area contributed by atoms with Gasteiger partial charge in [-0.05, 0) is 24.3 Å². The van der Waals surface area contributed by atoms with E-state index in [4.69, 9.17) is 20.5 Å². The molecule has 6 nitrogen and oxygen atoms in total. The molecule has 0 saturated carbocycles. The highest BCUT2D eigenvalue weighted by atomic mass is 32.1. The summed E-state index contributed by atoms with van der Waals surface area (Å²) in [5, 5.41) is 9.58. The number of nitrogens with two attached hydrogens (primary N) is 1. The third-order valence-electron chi connectivity index (χ3n) is 4.51. The number of nitrogens with zero attached hydrogens (tertiary/aromatic N) is 4. The second kappa shape index (κ2) is 9.11. The summed E-state index contributed by atoms with van der Waals surface area (Å²) in [6, 6.07) is 28.9. The topological polar surface area (TPSA) is 88.7 Å². The molecule has 0 radical (unpaired) electrons. The smallest absolute Gasteiger partial charge is 0.199 e. The van der Waals surface area contributed by atoms with Crippen LogP contribution in [0.25, 0.3) is 5.69 Å². The minimum Gasteiger partial charge on any atom is -0.495 e. The zero-order chi connectivity index (χ0) is 21.6. The molecule has 0 amide bonds. The number of hydrogen-bond donors (Lipinski definition) is 1. The monoisotopic (exact) mass is 425 g/mol. The van der Waals surface area contributed by atoms with Crippen LogP contribution in [-0.4, -0.2) is 17.5 Å². The number of hydrogen-bond acceptors (Lipinski definition) is 5. The normalized spacial score (nSPS) is 11.9. The SMILES string of the molecule is COc1ccccc1-n1c(N)c(C#N)sc1=NC(=Nc1ccccc1)c1ccccc1. The van der Waals surface area contributed by atoms with Gasteiger partial charge in [0.2, 0.25) is 0 Å². The average molecular weight is 426 g/mol. The van der Waals surface area contributed by atoms with E-state index in [1.165, 1.54) is 11.3 Å². The molecule has 4 aromatic rings. The maximum atomic E-state index is 9.58. The number of aromatic nitrogens is 1. The van der Waals surface area contributed by atoms with Gasteiger partial charge in [-0.3, -0.25) is 4.57 Å². The zero-order valence-corrected chi connectivity index (χ0v) is 17.6. The van der Waals surface area contributed by atoms with Gasteiger partial charge in [-0.1, -0.05) is 72.0 Å². The molecule has 0 bridgehead atoms. The highest BCUT2D eigenvalue weighted by Gasteiger charge is 2.16. The van der Waals surface area contributed by atoms with Crippen molar-refractivity contribution in [2.24, 2.45) is 9.98 Å². The number of para-hydroxylation sites is 3. The van der Waals surface area contributed by atoms with E-state index in [1.807, 2.05) is 84.9 Å². The number of anilines is 1. The van der Waals surface area contributed by atoms with Gasteiger partial charge in [0.25, 0.3) is 0 Å². The van der Waals surface area contributed by atoms with Crippen LogP contribution in [-0.2, 0) is 0 Å². The van der Waals surface area contributed by atoms with Gasteiger partial charge >= 0.3 is 0 Å². The molecule has 0 aliphatic carbocycles. The molecule has 0 spiro atoms. The van der Waals surface area contributed by atoms with E-state index in [0.29, 0.717) is 32.8 Å². The summed E-state index contributed by atoms with van der Waals surface area (Å²) >= 11 is 1.21. The lowest BCUT2D eigenvalue weighted by Crippen LogP contribution is -2.18. The molecule has 7 heteroatoms. The van der Waals surface area contributed by atoms with Gasteiger partial charge in [0.05, 0.1) is 18.5 Å². The van der Waals surface area contributed by atoms with Crippen LogP contribution in [0.4, 0.5) is 11.5 Å². The number of ether oxygens (including phenoxy) is 1. The molecule has 0 atom stereocenters. The standard InChI is InChI=1S/C24H19N5OS/c1-30-20-15-9-8-14-19(20)29-22(26)21(16-25)31-24(29)28-23(17-10-4-2-5-11-17)27-18-12-6-3-7-13-18/h2-15H,26H2,1H3. The molecule has 1 heterocycles. The van der Waals surface area contributed by atoms with Crippen molar-refractivity contribution >= 4 is 28.7 Å². The van der Waals surface area contributed by atoms with E-state index in [2.05, 4.69) is 6.07 Å². The Bertz CT molecular complexity index is 1330. The molecule has 0 aliphatic heterocycles. The number of rotatable bonds is 4. The fourth-order valence-corrected chi connectivity index (χ4v) is 3.89. The number of thiazole rings is 1. The predicted octanol–water partition coefficient (Wildman–Crippen LogP) is 4.68. The van der Waals surface area contributed by atoms with Crippen molar-refractivity contribution in [2.45, 2.75) is 0 Å². The summed E-state index contributed by atoms with van der Waals surface area (Å²) in [5.41, 5.74) is 8.66. The average Bonchev–Trinajstić information content (AvgIpc) is 3.14. The summed E-state index contributed by atoms with van der Waals surface area (Å²) < 4.78 is 7.24. The van der Waals surface area contributed by atoms with Gasteiger partial charge in [0.1, 0.15) is 22.5 Å². The van der Waals surface area contributed by atoms with Crippen molar-refractivity contribution in [3.63, 3.8) is 0 Å². The Balaban J connectivity index is 2.00. The number of methoxy groups -OCH3 is 1. The Morgan fingerprint density at radius 1 is 0.968 bits per heavy atom. The van der Waals surface area contributed by atoms with Crippen molar-refractivity contribution < 1.29 is 4.74 Å². The minimum absolute atomic E-state index is 0.308. The molecule has 3 aromatic carbocycles. The minimum atomic E-state index is 0.308. The molecule has 0 unspecified atom stereocenters. The van der Waals surface area contributed by atoms with Gasteiger partial charge in [-0.2, -0.15) is 5.26 Å². The Kier molecular flexibility index (Phi) is 5.92. The lowest BCUT2D eigenvalue weighted by Gasteiger charge is -2.11. The fraction of sp³-hybridized carbons (Fsp3) is 0.0417. The van der Waals surface area contributed by atoms with Crippen LogP contribution >= 0.6 is 11.3 Å². The molecule has 2 N–H and O–H groups in total. The second-order valence-corrected chi connectivity index (χ2v) is 7.44. The van der Waals surface area contributed by atoms with Crippen LogP contribution < -0.4 is 15.3 Å². The van der Waals surface area contributed by atoms with Crippen LogP contribution in [0.2, 0.25) is 0 Å². The van der Waals surface area contributed by atoms with E-state index in [9.17, 15) is 5.26 Å². The third kappa shape index (κ3) is 4.25. The molecular formula is C24H19N5OS. The first-order valence-corrected chi connectivity index (χ1v) is 10.3. The van der Waals surface area contributed by atoms with Crippen molar-refractivity contribution in [2.75, 3.05) is 12.8 Å². The maximum absolute atomic E-state index is 9.58. The summed E-state index contributed by atoms with van der Waals surface area (Å²) in [7, 11) is 1.59. The van der Waals surface area contributed by atoms with Crippen LogP contribution in [0.5, 0.6) is 5.75 Å². The molecule has 0 saturated heterocycles. The van der Waals surface area contributed by atoms with Crippen LogP contribution in [0.3, 0.4) is 0 Å². The Morgan fingerprint density at radius 3 is 2.29 bits per heavy atom. The van der Waals surface area contributed by atoms with Gasteiger partial charge in [0, 0.05) is 5.56 Å². The lowest BCUT2D eigenvalue weighted by atomic mass is 10.2. The van der Waals surface area contributed by atoms with E-state index in [0.717, 1.165) is 11.3 Å². The van der Waals surface area contributed by atoms with Crippen molar-refractivity contribution in [1.82, 2.24) is 4.57 Å². The molecule has 0 aliphatic rings. The predicted molar refractivity (Wildman–Crippen MR) is 124 cm³/mol. The molecule has 1 aromatic heterocycles. The van der Waals surface area contributed by atoms with E-state index in [-0.39, 0.29) is 0 Å². The highest BCUT2D eigenvalue weighted by Crippen LogP contribution is 2.26. The summed E-state index contributed by atoms with van der Waals surface area (Å²) in [6.45, 7) is 0. The molecule has 152 valence electrons. The van der Waals surface area contributed by atoms with Gasteiger partial charge < -0.3 is 10.5 Å². The first kappa shape index (κ1) is 20.1. The van der Waals surface area contributed by atoms with Crippen LogP contribution in [0.15, 0.2) is 94.9 Å². The second-order valence-electron chi connectivity index (χ2n) is 6.47. The van der Waals surface area contributed by atoms with E-state index < -0.39 is 0 Å².